The molecule has 12 heteroatoms. The molecular weight excluding hydrogens is 547 g/mol. The lowest BCUT2D eigenvalue weighted by Gasteiger charge is -2.19. The van der Waals surface area contributed by atoms with E-state index in [0.29, 0.717) is 30.7 Å². The molecule has 0 heterocycles. The summed E-state index contributed by atoms with van der Waals surface area (Å²) in [6.07, 6.45) is -9.45. The minimum Gasteiger partial charge on any atom is -0.481 e. The van der Waals surface area contributed by atoms with Crippen LogP contribution < -0.4 is 10.1 Å². The quantitative estimate of drug-likeness (QED) is 0.258. The number of ether oxygens (including phenoxy) is 1. The smallest absolute Gasteiger partial charge is 0.417 e. The Morgan fingerprint density at radius 1 is 0.900 bits per heavy atom. The first kappa shape index (κ1) is 30.5. The number of alkyl halides is 6. The molecule has 2 N–H and O–H groups in total. The number of nitrogens with one attached hydrogen (secondary N) is 1. The van der Waals surface area contributed by atoms with E-state index in [2.05, 4.69) is 5.32 Å². The number of hydrogen-bond donors (Lipinski definition) is 2. The van der Waals surface area contributed by atoms with Gasteiger partial charge in [-0.25, -0.2) is 4.39 Å². The van der Waals surface area contributed by atoms with Crippen molar-refractivity contribution in [1.29, 1.82) is 0 Å². The van der Waals surface area contributed by atoms with E-state index >= 15 is 0 Å². The van der Waals surface area contributed by atoms with Crippen molar-refractivity contribution in [3.05, 3.63) is 93.8 Å². The molecule has 0 aliphatic heterocycles. The highest BCUT2D eigenvalue weighted by Crippen LogP contribution is 2.37. The summed E-state index contributed by atoms with van der Waals surface area (Å²) in [4.78, 5) is 23.5. The predicted octanol–water partition coefficient (Wildman–Crippen LogP) is 7.73. The molecule has 0 spiro atoms. The molecule has 0 fully saturated rings. The van der Waals surface area contributed by atoms with Crippen molar-refractivity contribution in [1.82, 2.24) is 5.32 Å². The Morgan fingerprint density at radius 2 is 1.60 bits per heavy atom. The number of carbonyl (C=O) groups is 2. The number of amides is 1. The zero-order chi connectivity index (χ0) is 29.8. The normalized spacial score (nSPS) is 12.6. The van der Waals surface area contributed by atoms with Gasteiger partial charge in [0.25, 0.3) is 5.91 Å². The first-order valence-electron chi connectivity index (χ1n) is 12.0. The van der Waals surface area contributed by atoms with Crippen molar-refractivity contribution in [2.45, 2.75) is 51.5 Å². The summed E-state index contributed by atoms with van der Waals surface area (Å²) in [5.74, 6) is -2.67. The largest absolute Gasteiger partial charge is 0.481 e. The fourth-order valence-electron chi connectivity index (χ4n) is 4.02. The van der Waals surface area contributed by atoms with Crippen LogP contribution in [-0.4, -0.2) is 17.0 Å². The van der Waals surface area contributed by atoms with Gasteiger partial charge in [0.1, 0.15) is 17.3 Å². The highest BCUT2D eigenvalue weighted by molar-refractivity contribution is 5.96. The second-order valence-electron chi connectivity index (χ2n) is 8.95. The second kappa shape index (κ2) is 12.0. The highest BCUT2D eigenvalue weighted by atomic mass is 19.4. The highest BCUT2D eigenvalue weighted by Gasteiger charge is 2.39. The van der Waals surface area contributed by atoms with Crippen LogP contribution in [0.2, 0.25) is 0 Å². The number of aliphatic carboxylic acids is 1. The monoisotopic (exact) mass is 571 g/mol. The minimum atomic E-state index is -5.24. The van der Waals surface area contributed by atoms with Gasteiger partial charge in [0, 0.05) is 12.5 Å². The van der Waals surface area contributed by atoms with E-state index in [1.54, 1.807) is 18.2 Å². The number of carbonyl (C=O) groups excluding carboxylic acids is 1. The average Bonchev–Trinajstić information content (AvgIpc) is 2.85. The molecule has 0 aliphatic rings. The Labute approximate surface area is 224 Å². The van der Waals surface area contributed by atoms with Gasteiger partial charge in [0.2, 0.25) is 0 Å². The third-order valence-corrected chi connectivity index (χ3v) is 6.04. The lowest BCUT2D eigenvalue weighted by Crippen LogP contribution is -2.29. The molecule has 40 heavy (non-hydrogen) atoms. The molecule has 1 atom stereocenters. The maximum absolute atomic E-state index is 14.4. The van der Waals surface area contributed by atoms with Gasteiger partial charge in [-0.2, -0.15) is 26.3 Å². The van der Waals surface area contributed by atoms with Crippen LogP contribution in [0.15, 0.2) is 54.6 Å². The van der Waals surface area contributed by atoms with Crippen LogP contribution in [0.4, 0.5) is 30.7 Å². The zero-order valence-electron chi connectivity index (χ0n) is 21.2. The Hall–Kier alpha value is -4.09. The Bertz CT molecular complexity index is 1400. The number of halogens is 7. The van der Waals surface area contributed by atoms with E-state index in [-0.39, 0.29) is 23.8 Å². The molecule has 0 aromatic heterocycles. The van der Waals surface area contributed by atoms with Crippen molar-refractivity contribution in [2.24, 2.45) is 0 Å². The fraction of sp³-hybridized carbons (Fsp3) is 0.286. The van der Waals surface area contributed by atoms with Gasteiger partial charge in [-0.15, -0.1) is 0 Å². The number of rotatable bonds is 9. The summed E-state index contributed by atoms with van der Waals surface area (Å²) in [7, 11) is 0. The van der Waals surface area contributed by atoms with Crippen LogP contribution in [0.5, 0.6) is 11.5 Å². The molecule has 3 aromatic carbocycles. The van der Waals surface area contributed by atoms with E-state index in [0.717, 1.165) is 23.3 Å². The number of carboxylic acid groups (broad SMARTS) is 1. The minimum absolute atomic E-state index is 0.0157. The molecule has 3 aromatic rings. The van der Waals surface area contributed by atoms with Gasteiger partial charge in [0.05, 0.1) is 22.7 Å². The Morgan fingerprint density at radius 3 is 2.20 bits per heavy atom. The van der Waals surface area contributed by atoms with Gasteiger partial charge in [0.15, 0.2) is 0 Å². The molecule has 1 unspecified atom stereocenters. The van der Waals surface area contributed by atoms with Crippen LogP contribution in [0, 0.1) is 5.82 Å². The van der Waals surface area contributed by atoms with Crippen molar-refractivity contribution < 1.29 is 50.2 Å². The third-order valence-electron chi connectivity index (χ3n) is 6.04. The second-order valence-corrected chi connectivity index (χ2v) is 8.95. The lowest BCUT2D eigenvalue weighted by molar-refractivity contribution is -0.143. The molecule has 5 nitrogen and oxygen atoms in total. The number of carboxylic acids is 1. The molecular formula is C28H24F7NO4. The maximum Gasteiger partial charge on any atom is 0.417 e. The predicted molar refractivity (Wildman–Crippen MR) is 131 cm³/mol. The number of benzene rings is 3. The third kappa shape index (κ3) is 7.73. The summed E-state index contributed by atoms with van der Waals surface area (Å²) in [6, 6.07) is 8.02. The molecule has 0 radical (unpaired) electrons. The molecule has 0 saturated carbocycles. The number of hydrogen-bond acceptors (Lipinski definition) is 3. The Kier molecular flexibility index (Phi) is 9.11. The van der Waals surface area contributed by atoms with Gasteiger partial charge in [-0.3, -0.25) is 9.59 Å². The lowest BCUT2D eigenvalue weighted by atomic mass is 10.0. The summed E-state index contributed by atoms with van der Waals surface area (Å²) in [5, 5.41) is 11.2. The Balaban J connectivity index is 1.83. The van der Waals surface area contributed by atoms with Crippen molar-refractivity contribution in [2.75, 3.05) is 0 Å². The van der Waals surface area contributed by atoms with Gasteiger partial charge < -0.3 is 15.2 Å². The standard InChI is InChI=1S/C28H24F7NO4/c1-3-16-11-21(7-4-17(16)5-9-25(37)38)40-22-12-18(10-20(29)14-22)15(2)36-26(39)23-8-6-19(27(30,31)32)13-24(23)28(33,34)35/h4,6-8,10-15H,3,5,9H2,1-2H3,(H,36,39)(H,37,38). The summed E-state index contributed by atoms with van der Waals surface area (Å²) in [5.41, 5.74) is -2.57. The van der Waals surface area contributed by atoms with Crippen LogP contribution in [0.25, 0.3) is 0 Å². The average molecular weight is 571 g/mol. The van der Waals surface area contributed by atoms with Gasteiger partial charge in [-0.1, -0.05) is 13.0 Å². The molecule has 1 amide bonds. The van der Waals surface area contributed by atoms with Gasteiger partial charge in [-0.05, 0) is 78.9 Å². The van der Waals surface area contributed by atoms with Crippen LogP contribution in [0.3, 0.4) is 0 Å². The zero-order valence-corrected chi connectivity index (χ0v) is 21.2. The molecule has 214 valence electrons. The van der Waals surface area contributed by atoms with Crippen LogP contribution >= 0.6 is 0 Å². The van der Waals surface area contributed by atoms with Crippen molar-refractivity contribution >= 4 is 11.9 Å². The van der Waals surface area contributed by atoms with E-state index in [1.807, 2.05) is 6.92 Å². The molecule has 0 bridgehead atoms. The molecule has 0 aliphatic carbocycles. The van der Waals surface area contributed by atoms with Gasteiger partial charge >= 0.3 is 18.3 Å². The molecule has 0 saturated heterocycles. The topological polar surface area (TPSA) is 75.6 Å². The van der Waals surface area contributed by atoms with Crippen LogP contribution in [0.1, 0.15) is 64.5 Å². The fourth-order valence-corrected chi connectivity index (χ4v) is 4.02. The van der Waals surface area contributed by atoms with Crippen molar-refractivity contribution in [3.8, 4) is 11.5 Å². The maximum atomic E-state index is 14.4. The number of aryl methyl sites for hydroxylation is 2. The summed E-state index contributed by atoms with van der Waals surface area (Å²) >= 11 is 0. The SMILES string of the molecule is CCc1cc(Oc2cc(F)cc(C(C)NC(=O)c3ccc(C(F)(F)F)cc3C(F)(F)F)c2)ccc1CCC(=O)O. The van der Waals surface area contributed by atoms with Crippen LogP contribution in [-0.2, 0) is 30.0 Å². The van der Waals surface area contributed by atoms with E-state index in [9.17, 15) is 40.3 Å². The van der Waals surface area contributed by atoms with E-state index in [1.165, 1.54) is 13.0 Å². The first-order valence-corrected chi connectivity index (χ1v) is 12.0. The molecule has 3 rings (SSSR count). The van der Waals surface area contributed by atoms with E-state index < -0.39 is 52.8 Å². The first-order chi connectivity index (χ1) is 18.6. The van der Waals surface area contributed by atoms with Crippen molar-refractivity contribution in [3.63, 3.8) is 0 Å². The van der Waals surface area contributed by atoms with E-state index in [4.69, 9.17) is 9.84 Å². The summed E-state index contributed by atoms with van der Waals surface area (Å²) < 4.78 is 99.4. The summed E-state index contributed by atoms with van der Waals surface area (Å²) in [6.45, 7) is 3.23.